The number of carbonyl (C=O) groups is 1. The zero-order valence-corrected chi connectivity index (χ0v) is 17.7. The standard InChI is InChI=1S/C22H26F3N3O4/c23-22(24,25)18-17-16(32-20(18)21(29)26-10-15-2-1-7-31-15)4-3-14-12-28(27-19(14)17)11-13-5-8-30-9-6-13/h12-13,15H,1-11H2,(H,26,29). The number of halogens is 3. The minimum absolute atomic E-state index is 0.0910. The molecule has 7 nitrogen and oxygen atoms in total. The molecular weight excluding hydrogens is 427 g/mol. The van der Waals surface area contributed by atoms with Crippen LogP contribution in [0.3, 0.4) is 0 Å². The van der Waals surface area contributed by atoms with Crippen LogP contribution in [0.2, 0.25) is 0 Å². The molecule has 1 atom stereocenters. The van der Waals surface area contributed by atoms with Crippen LogP contribution in [-0.4, -0.2) is 48.2 Å². The molecule has 1 unspecified atom stereocenters. The van der Waals surface area contributed by atoms with E-state index in [0.717, 1.165) is 31.2 Å². The van der Waals surface area contributed by atoms with Gasteiger partial charge in [0.05, 0.1) is 17.4 Å². The van der Waals surface area contributed by atoms with Crippen LogP contribution in [0.1, 0.15) is 53.1 Å². The minimum Gasteiger partial charge on any atom is -0.455 e. The first-order valence-corrected chi connectivity index (χ1v) is 11.2. The predicted molar refractivity (Wildman–Crippen MR) is 107 cm³/mol. The molecule has 5 rings (SSSR count). The number of aryl methyl sites for hydroxylation is 2. The third-order valence-corrected chi connectivity index (χ3v) is 6.47. The molecule has 0 spiro atoms. The van der Waals surface area contributed by atoms with Crippen LogP contribution in [0.5, 0.6) is 0 Å². The fourth-order valence-corrected chi connectivity index (χ4v) is 4.82. The number of nitrogens with zero attached hydrogens (tertiary/aromatic N) is 2. The van der Waals surface area contributed by atoms with Gasteiger partial charge in [0, 0.05) is 45.5 Å². The summed E-state index contributed by atoms with van der Waals surface area (Å²) in [6.07, 6.45) is 1.20. The van der Waals surface area contributed by atoms with Gasteiger partial charge < -0.3 is 19.2 Å². The number of furan rings is 1. The van der Waals surface area contributed by atoms with Crippen molar-refractivity contribution >= 4 is 5.91 Å². The highest BCUT2D eigenvalue weighted by Crippen LogP contribution is 2.46. The highest BCUT2D eigenvalue weighted by atomic mass is 19.4. The monoisotopic (exact) mass is 453 g/mol. The molecule has 2 fully saturated rings. The Labute approximate surface area is 183 Å². The van der Waals surface area contributed by atoms with Crippen molar-refractivity contribution in [3.05, 3.63) is 28.8 Å². The molecule has 3 aliphatic rings. The van der Waals surface area contributed by atoms with Gasteiger partial charge in [0.1, 0.15) is 11.3 Å². The van der Waals surface area contributed by atoms with E-state index in [1.165, 1.54) is 0 Å². The van der Waals surface area contributed by atoms with E-state index in [4.69, 9.17) is 13.9 Å². The fourth-order valence-electron chi connectivity index (χ4n) is 4.82. The second-order valence-electron chi connectivity index (χ2n) is 8.73. The highest BCUT2D eigenvalue weighted by molar-refractivity contribution is 5.96. The van der Waals surface area contributed by atoms with Crippen molar-refractivity contribution in [2.24, 2.45) is 5.92 Å². The molecule has 1 aliphatic carbocycles. The largest absolute Gasteiger partial charge is 0.455 e. The first-order valence-electron chi connectivity index (χ1n) is 11.2. The lowest BCUT2D eigenvalue weighted by Crippen LogP contribution is -2.32. The number of hydrogen-bond donors (Lipinski definition) is 1. The molecule has 2 aromatic heterocycles. The molecule has 1 N–H and O–H groups in total. The molecule has 0 saturated carbocycles. The Hall–Kier alpha value is -2.33. The summed E-state index contributed by atoms with van der Waals surface area (Å²) in [6.45, 7) is 2.79. The van der Waals surface area contributed by atoms with Crippen molar-refractivity contribution in [2.75, 3.05) is 26.4 Å². The second-order valence-corrected chi connectivity index (χ2v) is 8.73. The number of hydrogen-bond acceptors (Lipinski definition) is 5. The summed E-state index contributed by atoms with van der Waals surface area (Å²) in [5.41, 5.74) is -0.101. The molecule has 2 aliphatic heterocycles. The van der Waals surface area contributed by atoms with Crippen LogP contribution in [0.15, 0.2) is 10.6 Å². The molecular formula is C22H26F3N3O4. The minimum atomic E-state index is -4.74. The van der Waals surface area contributed by atoms with Crippen LogP contribution in [-0.2, 0) is 35.0 Å². The van der Waals surface area contributed by atoms with E-state index >= 15 is 0 Å². The smallest absolute Gasteiger partial charge is 0.420 e. The number of carbonyl (C=O) groups excluding carboxylic acids is 1. The summed E-state index contributed by atoms with van der Waals surface area (Å²) in [5, 5.41) is 7.06. The first-order chi connectivity index (χ1) is 15.4. The van der Waals surface area contributed by atoms with E-state index in [9.17, 15) is 18.0 Å². The molecule has 1 amide bonds. The van der Waals surface area contributed by atoms with Gasteiger partial charge in [-0.2, -0.15) is 18.3 Å². The Bertz CT molecular complexity index is 985. The van der Waals surface area contributed by atoms with Crippen LogP contribution < -0.4 is 5.32 Å². The lowest BCUT2D eigenvalue weighted by atomic mass is 9.93. The van der Waals surface area contributed by atoms with E-state index < -0.39 is 23.4 Å². The second kappa shape index (κ2) is 8.55. The molecule has 32 heavy (non-hydrogen) atoms. The summed E-state index contributed by atoms with van der Waals surface area (Å²) < 4.78 is 60.5. The van der Waals surface area contributed by atoms with Gasteiger partial charge in [-0.15, -0.1) is 0 Å². The average molecular weight is 453 g/mol. The summed E-state index contributed by atoms with van der Waals surface area (Å²) in [6, 6.07) is 0. The quantitative estimate of drug-likeness (QED) is 0.749. The zero-order valence-electron chi connectivity index (χ0n) is 17.7. The van der Waals surface area contributed by atoms with Gasteiger partial charge in [-0.3, -0.25) is 9.48 Å². The molecule has 10 heteroatoms. The first kappa shape index (κ1) is 21.5. The normalized spacial score (nSPS) is 21.4. The number of rotatable bonds is 5. The maximum absolute atomic E-state index is 14.1. The van der Waals surface area contributed by atoms with Gasteiger partial charge in [-0.05, 0) is 43.6 Å². The molecule has 2 saturated heterocycles. The Morgan fingerprint density at radius 2 is 2.00 bits per heavy atom. The highest BCUT2D eigenvalue weighted by Gasteiger charge is 2.45. The van der Waals surface area contributed by atoms with Crippen LogP contribution in [0.25, 0.3) is 11.3 Å². The van der Waals surface area contributed by atoms with E-state index in [1.54, 1.807) is 4.68 Å². The lowest BCUT2D eigenvalue weighted by molar-refractivity contribution is -0.137. The zero-order chi connectivity index (χ0) is 22.3. The number of amides is 1. The van der Waals surface area contributed by atoms with Crippen molar-refractivity contribution in [1.29, 1.82) is 0 Å². The van der Waals surface area contributed by atoms with Gasteiger partial charge in [0.2, 0.25) is 5.76 Å². The summed E-state index contributed by atoms with van der Waals surface area (Å²) in [5.74, 6) is -1.00. The van der Waals surface area contributed by atoms with Crippen molar-refractivity contribution in [1.82, 2.24) is 15.1 Å². The molecule has 174 valence electrons. The maximum Gasteiger partial charge on any atom is 0.420 e. The molecule has 0 aromatic carbocycles. The Balaban J connectivity index is 1.44. The van der Waals surface area contributed by atoms with E-state index in [0.29, 0.717) is 45.1 Å². The summed E-state index contributed by atoms with van der Waals surface area (Å²) >= 11 is 0. The van der Waals surface area contributed by atoms with Crippen molar-refractivity contribution in [2.45, 2.75) is 57.3 Å². The Morgan fingerprint density at radius 3 is 2.72 bits per heavy atom. The predicted octanol–water partition coefficient (Wildman–Crippen LogP) is 3.60. The summed E-state index contributed by atoms with van der Waals surface area (Å²) in [7, 11) is 0. The fraction of sp³-hybridized carbons (Fsp3) is 0.636. The molecule has 0 radical (unpaired) electrons. The van der Waals surface area contributed by atoms with Crippen LogP contribution >= 0.6 is 0 Å². The van der Waals surface area contributed by atoms with Gasteiger partial charge in [0.25, 0.3) is 5.91 Å². The van der Waals surface area contributed by atoms with Crippen LogP contribution in [0.4, 0.5) is 13.2 Å². The topological polar surface area (TPSA) is 78.5 Å². The van der Waals surface area contributed by atoms with Gasteiger partial charge >= 0.3 is 6.18 Å². The number of nitrogens with one attached hydrogen (secondary N) is 1. The maximum atomic E-state index is 14.1. The Kier molecular flexibility index (Phi) is 5.75. The Morgan fingerprint density at radius 1 is 1.19 bits per heavy atom. The number of fused-ring (bicyclic) bond motifs is 3. The van der Waals surface area contributed by atoms with E-state index in [-0.39, 0.29) is 29.7 Å². The molecule has 0 bridgehead atoms. The van der Waals surface area contributed by atoms with Crippen molar-refractivity contribution < 1.29 is 31.9 Å². The number of aromatic nitrogens is 2. The number of ether oxygens (including phenoxy) is 2. The third kappa shape index (κ3) is 4.17. The van der Waals surface area contributed by atoms with Gasteiger partial charge in [-0.1, -0.05) is 0 Å². The average Bonchev–Trinajstić information content (AvgIpc) is 3.49. The van der Waals surface area contributed by atoms with Gasteiger partial charge in [-0.25, -0.2) is 0 Å². The van der Waals surface area contributed by atoms with E-state index in [1.807, 2.05) is 6.20 Å². The third-order valence-electron chi connectivity index (χ3n) is 6.47. The van der Waals surface area contributed by atoms with Crippen molar-refractivity contribution in [3.63, 3.8) is 0 Å². The SMILES string of the molecule is O=C(NCC1CCCO1)c1oc2c(c1C(F)(F)F)-c1nn(CC3CCOCC3)cc1CC2. The molecule has 2 aromatic rings. The lowest BCUT2D eigenvalue weighted by Gasteiger charge is -2.21. The van der Waals surface area contributed by atoms with Crippen molar-refractivity contribution in [3.8, 4) is 11.3 Å². The summed E-state index contributed by atoms with van der Waals surface area (Å²) in [4.78, 5) is 12.7. The van der Waals surface area contributed by atoms with Gasteiger partial charge in [0.15, 0.2) is 0 Å². The molecule has 4 heterocycles. The number of alkyl halides is 3. The van der Waals surface area contributed by atoms with E-state index in [2.05, 4.69) is 10.4 Å². The van der Waals surface area contributed by atoms with Crippen LogP contribution in [0, 0.1) is 5.92 Å².